The number of likely N-dealkylation sites (tertiary alicyclic amines) is 1. The molecule has 6 heteroatoms. The molecule has 0 N–H and O–H groups in total. The van der Waals surface area contributed by atoms with E-state index >= 15 is 0 Å². The fourth-order valence-corrected chi connectivity index (χ4v) is 3.48. The van der Waals surface area contributed by atoms with Crippen molar-refractivity contribution in [3.05, 3.63) is 59.7 Å². The molecule has 0 radical (unpaired) electrons. The molecule has 1 atom stereocenters. The molecule has 1 aliphatic rings. The third-order valence-electron chi connectivity index (χ3n) is 4.87. The van der Waals surface area contributed by atoms with E-state index in [0.717, 1.165) is 22.6 Å². The Kier molecular flexibility index (Phi) is 5.64. The Balaban J connectivity index is 2.07. The van der Waals surface area contributed by atoms with Crippen LogP contribution in [-0.4, -0.2) is 44.1 Å². The highest BCUT2D eigenvalue weighted by Crippen LogP contribution is 2.37. The summed E-state index contributed by atoms with van der Waals surface area (Å²) in [7, 11) is 4.56. The molecular formula is C21H23NO5. The molecule has 1 amide bonds. The third kappa shape index (κ3) is 3.74. The zero-order chi connectivity index (χ0) is 19.4. The Morgan fingerprint density at radius 3 is 1.81 bits per heavy atom. The number of esters is 1. The number of nitrogens with zero attached hydrogens (tertiary/aromatic N) is 1. The normalized spacial score (nSPS) is 16.5. The van der Waals surface area contributed by atoms with Crippen molar-refractivity contribution in [1.29, 1.82) is 0 Å². The first-order valence-corrected chi connectivity index (χ1v) is 8.76. The van der Waals surface area contributed by atoms with E-state index in [9.17, 15) is 9.59 Å². The summed E-state index contributed by atoms with van der Waals surface area (Å²) in [5, 5.41) is 0. The minimum Gasteiger partial charge on any atom is -0.497 e. The zero-order valence-electron chi connectivity index (χ0n) is 15.7. The summed E-state index contributed by atoms with van der Waals surface area (Å²) in [6, 6.07) is 14.0. The first-order chi connectivity index (χ1) is 13.1. The number of methoxy groups -OCH3 is 3. The van der Waals surface area contributed by atoms with Crippen LogP contribution in [-0.2, 0) is 14.3 Å². The molecule has 0 unspecified atom stereocenters. The summed E-state index contributed by atoms with van der Waals surface area (Å²) in [5.41, 5.74) is 1.79. The van der Waals surface area contributed by atoms with Gasteiger partial charge in [-0.05, 0) is 41.8 Å². The van der Waals surface area contributed by atoms with Crippen molar-refractivity contribution in [2.75, 3.05) is 21.3 Å². The lowest BCUT2D eigenvalue weighted by Crippen LogP contribution is -2.42. The van der Waals surface area contributed by atoms with Gasteiger partial charge in [-0.25, -0.2) is 4.79 Å². The van der Waals surface area contributed by atoms with Crippen LogP contribution in [0, 0.1) is 0 Å². The first-order valence-electron chi connectivity index (χ1n) is 8.76. The van der Waals surface area contributed by atoms with Crippen molar-refractivity contribution in [1.82, 2.24) is 4.90 Å². The van der Waals surface area contributed by atoms with Crippen LogP contribution in [0.3, 0.4) is 0 Å². The second-order valence-corrected chi connectivity index (χ2v) is 6.33. The molecule has 0 bridgehead atoms. The lowest BCUT2D eigenvalue weighted by Gasteiger charge is -2.33. The molecule has 1 saturated heterocycles. The Hall–Kier alpha value is -3.02. The van der Waals surface area contributed by atoms with E-state index in [1.807, 2.05) is 48.5 Å². The van der Waals surface area contributed by atoms with Crippen molar-refractivity contribution in [3.63, 3.8) is 0 Å². The molecule has 142 valence electrons. The van der Waals surface area contributed by atoms with Crippen molar-refractivity contribution in [2.45, 2.75) is 24.9 Å². The predicted molar refractivity (Wildman–Crippen MR) is 99.7 cm³/mol. The van der Waals surface area contributed by atoms with Gasteiger partial charge in [0, 0.05) is 6.42 Å². The Morgan fingerprint density at radius 2 is 1.41 bits per heavy atom. The smallest absolute Gasteiger partial charge is 0.328 e. The number of benzene rings is 2. The summed E-state index contributed by atoms with van der Waals surface area (Å²) >= 11 is 0. The highest BCUT2D eigenvalue weighted by atomic mass is 16.5. The summed E-state index contributed by atoms with van der Waals surface area (Å²) in [5.74, 6) is 0.990. The molecule has 6 nitrogen and oxygen atoms in total. The number of ether oxygens (including phenoxy) is 3. The van der Waals surface area contributed by atoms with Crippen LogP contribution in [0.25, 0.3) is 0 Å². The van der Waals surface area contributed by atoms with Crippen molar-refractivity contribution in [3.8, 4) is 11.5 Å². The quantitative estimate of drug-likeness (QED) is 0.733. The molecular weight excluding hydrogens is 346 g/mol. The lowest BCUT2D eigenvalue weighted by atomic mass is 9.96. The van der Waals surface area contributed by atoms with E-state index in [4.69, 9.17) is 14.2 Å². The van der Waals surface area contributed by atoms with Crippen LogP contribution < -0.4 is 9.47 Å². The number of hydrogen-bond acceptors (Lipinski definition) is 5. The maximum Gasteiger partial charge on any atom is 0.328 e. The Bertz CT molecular complexity index is 753. The van der Waals surface area contributed by atoms with E-state index in [-0.39, 0.29) is 5.91 Å². The number of hydrogen-bond donors (Lipinski definition) is 0. The number of carbonyl (C=O) groups is 2. The maximum absolute atomic E-state index is 12.7. The highest BCUT2D eigenvalue weighted by Gasteiger charge is 2.42. The Labute approximate surface area is 158 Å². The van der Waals surface area contributed by atoms with Gasteiger partial charge in [-0.15, -0.1) is 0 Å². The van der Waals surface area contributed by atoms with E-state index in [1.54, 1.807) is 19.1 Å². The monoisotopic (exact) mass is 369 g/mol. The second-order valence-electron chi connectivity index (χ2n) is 6.33. The molecule has 3 rings (SSSR count). The van der Waals surface area contributed by atoms with E-state index < -0.39 is 18.1 Å². The van der Waals surface area contributed by atoms with Gasteiger partial charge in [-0.3, -0.25) is 4.79 Å². The first kappa shape index (κ1) is 18.8. The van der Waals surface area contributed by atoms with Gasteiger partial charge in [-0.2, -0.15) is 0 Å². The van der Waals surface area contributed by atoms with Gasteiger partial charge in [0.05, 0.1) is 27.4 Å². The molecule has 1 fully saturated rings. The molecule has 0 aromatic heterocycles. The van der Waals surface area contributed by atoms with E-state index in [0.29, 0.717) is 12.8 Å². The molecule has 1 heterocycles. The largest absolute Gasteiger partial charge is 0.497 e. The predicted octanol–water partition coefficient (Wildman–Crippen LogP) is 2.96. The minimum atomic E-state index is -0.600. The molecule has 0 aliphatic carbocycles. The van der Waals surface area contributed by atoms with Gasteiger partial charge in [0.15, 0.2) is 0 Å². The third-order valence-corrected chi connectivity index (χ3v) is 4.87. The fourth-order valence-electron chi connectivity index (χ4n) is 3.48. The second kappa shape index (κ2) is 8.12. The highest BCUT2D eigenvalue weighted by molar-refractivity contribution is 5.89. The van der Waals surface area contributed by atoms with Crippen LogP contribution in [0.5, 0.6) is 11.5 Å². The van der Waals surface area contributed by atoms with Crippen LogP contribution in [0.1, 0.15) is 30.0 Å². The molecule has 2 aromatic rings. The molecule has 0 saturated carbocycles. The van der Waals surface area contributed by atoms with Gasteiger partial charge >= 0.3 is 5.97 Å². The van der Waals surface area contributed by atoms with E-state index in [1.165, 1.54) is 7.11 Å². The van der Waals surface area contributed by atoms with Crippen LogP contribution in [0.2, 0.25) is 0 Å². The van der Waals surface area contributed by atoms with Crippen molar-refractivity contribution < 1.29 is 23.8 Å². The Morgan fingerprint density at radius 1 is 0.926 bits per heavy atom. The summed E-state index contributed by atoms with van der Waals surface area (Å²) in [6.07, 6.45) is 0.775. The van der Waals surface area contributed by atoms with Crippen molar-refractivity contribution >= 4 is 11.9 Å². The summed E-state index contributed by atoms with van der Waals surface area (Å²) in [6.45, 7) is 0. The SMILES string of the molecule is COC(=O)[C@H]1CCC(=O)N1C(c1ccc(OC)cc1)c1ccc(OC)cc1. The minimum absolute atomic E-state index is 0.0676. The molecule has 0 spiro atoms. The lowest BCUT2D eigenvalue weighted by molar-refractivity contribution is -0.150. The van der Waals surface area contributed by atoms with Gasteiger partial charge in [0.2, 0.25) is 5.91 Å². The van der Waals surface area contributed by atoms with Gasteiger partial charge in [0.1, 0.15) is 17.5 Å². The van der Waals surface area contributed by atoms with E-state index in [2.05, 4.69) is 0 Å². The average molecular weight is 369 g/mol. The molecule has 1 aliphatic heterocycles. The van der Waals surface area contributed by atoms with Gasteiger partial charge < -0.3 is 19.1 Å². The topological polar surface area (TPSA) is 65.1 Å². The molecule has 27 heavy (non-hydrogen) atoms. The summed E-state index contributed by atoms with van der Waals surface area (Å²) < 4.78 is 15.4. The average Bonchev–Trinajstić information content (AvgIpc) is 3.10. The number of carbonyl (C=O) groups excluding carboxylic acids is 2. The van der Waals surface area contributed by atoms with Crippen LogP contribution >= 0.6 is 0 Å². The number of amides is 1. The van der Waals surface area contributed by atoms with Gasteiger partial charge in [-0.1, -0.05) is 24.3 Å². The van der Waals surface area contributed by atoms with Crippen LogP contribution in [0.15, 0.2) is 48.5 Å². The van der Waals surface area contributed by atoms with Crippen LogP contribution in [0.4, 0.5) is 0 Å². The summed E-state index contributed by atoms with van der Waals surface area (Å²) in [4.78, 5) is 26.6. The maximum atomic E-state index is 12.7. The fraction of sp³-hybridized carbons (Fsp3) is 0.333. The standard InChI is InChI=1S/C21H23NO5/c1-25-16-8-4-14(5-9-16)20(15-6-10-17(26-2)11-7-15)22-18(21(24)27-3)12-13-19(22)23/h4-11,18,20H,12-13H2,1-3H3/t18-/m1/s1. The number of rotatable bonds is 6. The van der Waals surface area contributed by atoms with Gasteiger partial charge in [0.25, 0.3) is 0 Å². The molecule has 2 aromatic carbocycles. The van der Waals surface area contributed by atoms with Crippen molar-refractivity contribution in [2.24, 2.45) is 0 Å². The zero-order valence-corrected chi connectivity index (χ0v) is 15.7.